The Morgan fingerprint density at radius 3 is 2.67 bits per heavy atom. The Morgan fingerprint density at radius 1 is 1.22 bits per heavy atom. The average Bonchev–Trinajstić information content (AvgIpc) is 3.16. The molecule has 0 radical (unpaired) electrons. The fourth-order valence-electron chi connectivity index (χ4n) is 2.40. The van der Waals surface area contributed by atoms with Gasteiger partial charge in [0.2, 0.25) is 0 Å². The zero-order chi connectivity index (χ0) is 12.8. The average molecular weight is 246 g/mol. The van der Waals surface area contributed by atoms with E-state index < -0.39 is 0 Å². The maximum Gasteiger partial charge on any atom is 0.0370 e. The summed E-state index contributed by atoms with van der Waals surface area (Å²) in [6, 6.07) is 8.52. The lowest BCUT2D eigenvalue weighted by atomic mass is 10.2. The van der Waals surface area contributed by atoms with Crippen molar-refractivity contribution in [3.63, 3.8) is 0 Å². The molecule has 100 valence electrons. The minimum Gasteiger partial charge on any atom is -0.384 e. The van der Waals surface area contributed by atoms with E-state index in [1.807, 2.05) is 0 Å². The molecule has 2 rings (SSSR count). The third-order valence-electron chi connectivity index (χ3n) is 3.64. The van der Waals surface area contributed by atoms with E-state index >= 15 is 0 Å². The molecule has 0 bridgehead atoms. The molecule has 1 fully saturated rings. The second-order valence-corrected chi connectivity index (χ2v) is 5.49. The van der Waals surface area contributed by atoms with Crippen LogP contribution in [0.5, 0.6) is 0 Å². The van der Waals surface area contributed by atoms with E-state index in [4.69, 9.17) is 0 Å². The van der Waals surface area contributed by atoms with Gasteiger partial charge in [0.15, 0.2) is 0 Å². The summed E-state index contributed by atoms with van der Waals surface area (Å²) in [7, 11) is 0. The lowest BCUT2D eigenvalue weighted by Gasteiger charge is -2.22. The van der Waals surface area contributed by atoms with E-state index in [0.717, 1.165) is 12.5 Å². The molecule has 0 amide bonds. The Labute approximate surface area is 111 Å². The van der Waals surface area contributed by atoms with Gasteiger partial charge in [-0.3, -0.25) is 0 Å². The highest BCUT2D eigenvalue weighted by Gasteiger charge is 2.23. The first-order chi connectivity index (χ1) is 8.79. The maximum absolute atomic E-state index is 3.55. The first kappa shape index (κ1) is 13.4. The summed E-state index contributed by atoms with van der Waals surface area (Å²) in [5, 5.41) is 3.55. The lowest BCUT2D eigenvalue weighted by Crippen LogP contribution is -2.31. The molecule has 18 heavy (non-hydrogen) atoms. The first-order valence-corrected chi connectivity index (χ1v) is 7.31. The first-order valence-electron chi connectivity index (χ1n) is 7.31. The molecule has 1 aliphatic rings. The van der Waals surface area contributed by atoms with Gasteiger partial charge in [0, 0.05) is 25.3 Å². The summed E-state index contributed by atoms with van der Waals surface area (Å²) in [5.74, 6) is 0.995. The normalized spacial score (nSPS) is 15.1. The summed E-state index contributed by atoms with van der Waals surface area (Å²) in [6.07, 6.45) is 4.16. The van der Waals surface area contributed by atoms with Gasteiger partial charge in [-0.05, 0) is 50.3 Å². The van der Waals surface area contributed by atoms with Gasteiger partial charge in [0.1, 0.15) is 0 Å². The van der Waals surface area contributed by atoms with E-state index in [9.17, 15) is 0 Å². The van der Waals surface area contributed by atoms with Crippen molar-refractivity contribution in [2.45, 2.75) is 33.1 Å². The van der Waals surface area contributed by atoms with Gasteiger partial charge in [-0.2, -0.15) is 0 Å². The van der Waals surface area contributed by atoms with Crippen LogP contribution in [-0.2, 0) is 0 Å². The number of anilines is 1. The summed E-state index contributed by atoms with van der Waals surface area (Å²) in [4.78, 5) is 2.61. The standard InChI is InChI=1S/C16H26N2/c1-3-11-18(13-15-8-9-15)12-10-17-16-7-5-4-6-14(16)2/h4-7,15,17H,3,8-13H2,1-2H3. The minimum absolute atomic E-state index is 0.995. The molecule has 2 nitrogen and oxygen atoms in total. The second-order valence-electron chi connectivity index (χ2n) is 5.49. The number of nitrogens with one attached hydrogen (secondary N) is 1. The molecule has 0 aromatic heterocycles. The van der Waals surface area contributed by atoms with E-state index in [1.54, 1.807) is 0 Å². The Bertz CT molecular complexity index is 358. The highest BCUT2D eigenvalue weighted by Crippen LogP contribution is 2.29. The summed E-state index contributed by atoms with van der Waals surface area (Å²) >= 11 is 0. The minimum atomic E-state index is 0.995. The van der Waals surface area contributed by atoms with Crippen molar-refractivity contribution in [2.24, 2.45) is 5.92 Å². The van der Waals surface area contributed by atoms with Gasteiger partial charge >= 0.3 is 0 Å². The summed E-state index contributed by atoms with van der Waals surface area (Å²) in [6.45, 7) is 9.20. The molecule has 2 heteroatoms. The van der Waals surface area contributed by atoms with Crippen LogP contribution in [0.3, 0.4) is 0 Å². The van der Waals surface area contributed by atoms with Gasteiger partial charge in [-0.1, -0.05) is 25.1 Å². The highest BCUT2D eigenvalue weighted by molar-refractivity contribution is 5.50. The molecule has 0 aliphatic heterocycles. The molecule has 0 spiro atoms. The predicted molar refractivity (Wildman–Crippen MR) is 79.1 cm³/mol. The van der Waals surface area contributed by atoms with Crippen molar-refractivity contribution < 1.29 is 0 Å². The van der Waals surface area contributed by atoms with E-state index in [2.05, 4.69) is 48.3 Å². The SMILES string of the molecule is CCCN(CCNc1ccccc1C)CC1CC1. The van der Waals surface area contributed by atoms with E-state index in [0.29, 0.717) is 0 Å². The number of rotatable bonds is 8. The van der Waals surface area contributed by atoms with Gasteiger partial charge < -0.3 is 10.2 Å². The topological polar surface area (TPSA) is 15.3 Å². The highest BCUT2D eigenvalue weighted by atomic mass is 15.1. The molecule has 0 atom stereocenters. The largest absolute Gasteiger partial charge is 0.384 e. The smallest absolute Gasteiger partial charge is 0.0370 e. The van der Waals surface area contributed by atoms with Crippen molar-refractivity contribution in [1.82, 2.24) is 4.90 Å². The fourth-order valence-corrected chi connectivity index (χ4v) is 2.40. The number of nitrogens with zero attached hydrogens (tertiary/aromatic N) is 1. The van der Waals surface area contributed by atoms with Crippen molar-refractivity contribution in [3.05, 3.63) is 29.8 Å². The van der Waals surface area contributed by atoms with Crippen LogP contribution in [0.2, 0.25) is 0 Å². The van der Waals surface area contributed by atoms with Crippen LogP contribution in [0.4, 0.5) is 5.69 Å². The molecule has 1 aromatic rings. The predicted octanol–water partition coefficient (Wildman–Crippen LogP) is 3.53. The second kappa shape index (κ2) is 6.79. The van der Waals surface area contributed by atoms with Crippen LogP contribution < -0.4 is 5.32 Å². The molecule has 0 saturated heterocycles. The number of para-hydroxylation sites is 1. The Balaban J connectivity index is 1.73. The zero-order valence-corrected chi connectivity index (χ0v) is 11.8. The molecule has 1 aromatic carbocycles. The maximum atomic E-state index is 3.55. The van der Waals surface area contributed by atoms with Crippen LogP contribution in [0.15, 0.2) is 24.3 Å². The van der Waals surface area contributed by atoms with Crippen LogP contribution in [0.25, 0.3) is 0 Å². The third-order valence-corrected chi connectivity index (χ3v) is 3.64. The molecule has 0 heterocycles. The van der Waals surface area contributed by atoms with Crippen molar-refractivity contribution in [3.8, 4) is 0 Å². The number of benzene rings is 1. The van der Waals surface area contributed by atoms with Gasteiger partial charge in [-0.25, -0.2) is 0 Å². The fraction of sp³-hybridized carbons (Fsp3) is 0.625. The van der Waals surface area contributed by atoms with Crippen molar-refractivity contribution in [2.75, 3.05) is 31.5 Å². The number of aryl methyl sites for hydroxylation is 1. The molecular formula is C16H26N2. The van der Waals surface area contributed by atoms with Crippen LogP contribution in [0.1, 0.15) is 31.7 Å². The third kappa shape index (κ3) is 4.34. The van der Waals surface area contributed by atoms with Crippen LogP contribution >= 0.6 is 0 Å². The van der Waals surface area contributed by atoms with E-state index in [-0.39, 0.29) is 0 Å². The monoisotopic (exact) mass is 246 g/mol. The van der Waals surface area contributed by atoms with Crippen LogP contribution in [0, 0.1) is 12.8 Å². The molecule has 1 N–H and O–H groups in total. The summed E-state index contributed by atoms with van der Waals surface area (Å²) < 4.78 is 0. The number of hydrogen-bond donors (Lipinski definition) is 1. The molecule has 0 unspecified atom stereocenters. The zero-order valence-electron chi connectivity index (χ0n) is 11.8. The lowest BCUT2D eigenvalue weighted by molar-refractivity contribution is 0.273. The molecule has 1 aliphatic carbocycles. The quantitative estimate of drug-likeness (QED) is 0.755. The van der Waals surface area contributed by atoms with Gasteiger partial charge in [0.05, 0.1) is 0 Å². The van der Waals surface area contributed by atoms with Gasteiger partial charge in [-0.15, -0.1) is 0 Å². The van der Waals surface area contributed by atoms with Crippen molar-refractivity contribution in [1.29, 1.82) is 0 Å². The molecule has 1 saturated carbocycles. The summed E-state index contributed by atoms with van der Waals surface area (Å²) in [5.41, 5.74) is 2.61. The van der Waals surface area contributed by atoms with Crippen LogP contribution in [-0.4, -0.2) is 31.1 Å². The molecular weight excluding hydrogens is 220 g/mol. The number of hydrogen-bond acceptors (Lipinski definition) is 2. The van der Waals surface area contributed by atoms with E-state index in [1.165, 1.54) is 50.1 Å². The van der Waals surface area contributed by atoms with Gasteiger partial charge in [0.25, 0.3) is 0 Å². The van der Waals surface area contributed by atoms with Crippen molar-refractivity contribution >= 4 is 5.69 Å². The Hall–Kier alpha value is -1.02. The Morgan fingerprint density at radius 2 is 2.00 bits per heavy atom. The Kier molecular flexibility index (Phi) is 5.06.